The van der Waals surface area contributed by atoms with Crippen LogP contribution in [0.4, 0.5) is 0 Å². The van der Waals surface area contributed by atoms with Gasteiger partial charge in [0.05, 0.1) is 13.3 Å². The highest BCUT2D eigenvalue weighted by Gasteiger charge is 2.07. The van der Waals surface area contributed by atoms with E-state index in [0.29, 0.717) is 13.3 Å². The molecule has 0 saturated carbocycles. The summed E-state index contributed by atoms with van der Waals surface area (Å²) in [6, 6.07) is 0. The second-order valence-corrected chi connectivity index (χ2v) is 4.36. The van der Waals surface area contributed by atoms with Crippen LogP contribution in [-0.2, 0) is 9.53 Å². The Morgan fingerprint density at radius 2 is 2.00 bits per heavy atom. The van der Waals surface area contributed by atoms with Crippen molar-refractivity contribution in [2.45, 2.75) is 26.3 Å². The van der Waals surface area contributed by atoms with Gasteiger partial charge in [0, 0.05) is 12.1 Å². The number of hydrogen-bond donors (Lipinski definition) is 3. The van der Waals surface area contributed by atoms with Gasteiger partial charge in [-0.3, -0.25) is 4.79 Å². The number of hydrogen-bond acceptors (Lipinski definition) is 4. The summed E-state index contributed by atoms with van der Waals surface area (Å²) < 4.78 is 5.19. The van der Waals surface area contributed by atoms with Gasteiger partial charge in [0.15, 0.2) is 0 Å². The number of amides is 1. The molecule has 0 aliphatic carbocycles. The predicted molar refractivity (Wildman–Crippen MR) is 60.6 cm³/mol. The largest absolute Gasteiger partial charge is 0.370 e. The molecule has 0 radical (unpaired) electrons. The number of carbonyl (C=O) groups excluding carboxylic acids is 1. The van der Waals surface area contributed by atoms with Crippen molar-refractivity contribution in [2.24, 2.45) is 0 Å². The van der Waals surface area contributed by atoms with Gasteiger partial charge in [-0.2, -0.15) is 0 Å². The first-order valence-corrected chi connectivity index (χ1v) is 5.20. The second-order valence-electron chi connectivity index (χ2n) is 4.36. The summed E-state index contributed by atoms with van der Waals surface area (Å²) >= 11 is 0. The fraction of sp³-hybridized carbons (Fsp3) is 0.900. The Labute approximate surface area is 91.9 Å². The molecule has 5 heteroatoms. The maximum absolute atomic E-state index is 11.1. The summed E-state index contributed by atoms with van der Waals surface area (Å²) in [6.07, 6.45) is 0. The van der Waals surface area contributed by atoms with Gasteiger partial charge in [-0.1, -0.05) is 0 Å². The van der Waals surface area contributed by atoms with Crippen molar-refractivity contribution in [1.82, 2.24) is 16.0 Å². The lowest BCUT2D eigenvalue weighted by molar-refractivity contribution is -0.125. The smallest absolute Gasteiger partial charge is 0.246 e. The molecule has 0 aromatic heterocycles. The van der Waals surface area contributed by atoms with Crippen molar-refractivity contribution in [3.63, 3.8) is 0 Å². The molecule has 0 aromatic rings. The standard InChI is InChI=1S/C10H23N3O2/c1-10(2,3)13-5-6-15-7-9(14)12-8-11-4/h11,13H,5-8H2,1-4H3,(H,12,14). The van der Waals surface area contributed by atoms with Gasteiger partial charge < -0.3 is 20.7 Å². The van der Waals surface area contributed by atoms with E-state index < -0.39 is 0 Å². The Morgan fingerprint density at radius 1 is 1.33 bits per heavy atom. The average Bonchev–Trinajstić information content (AvgIpc) is 2.12. The summed E-state index contributed by atoms with van der Waals surface area (Å²) in [4.78, 5) is 11.1. The molecule has 0 aromatic carbocycles. The summed E-state index contributed by atoms with van der Waals surface area (Å²) in [5.74, 6) is -0.0971. The van der Waals surface area contributed by atoms with E-state index in [2.05, 4.69) is 36.7 Å². The van der Waals surface area contributed by atoms with E-state index in [9.17, 15) is 4.79 Å². The lowest BCUT2D eigenvalue weighted by Gasteiger charge is -2.20. The minimum Gasteiger partial charge on any atom is -0.370 e. The van der Waals surface area contributed by atoms with E-state index in [1.807, 2.05) is 0 Å². The Morgan fingerprint density at radius 3 is 2.53 bits per heavy atom. The van der Waals surface area contributed by atoms with Crippen LogP contribution in [0.25, 0.3) is 0 Å². The minimum absolute atomic E-state index is 0.0950. The minimum atomic E-state index is -0.0971. The van der Waals surface area contributed by atoms with E-state index in [-0.39, 0.29) is 18.1 Å². The maximum Gasteiger partial charge on any atom is 0.246 e. The van der Waals surface area contributed by atoms with Gasteiger partial charge in [0.1, 0.15) is 6.61 Å². The molecule has 1 amide bonds. The molecule has 0 heterocycles. The molecule has 0 rings (SSSR count). The normalized spacial score (nSPS) is 11.5. The lowest BCUT2D eigenvalue weighted by atomic mass is 10.1. The van der Waals surface area contributed by atoms with Crippen LogP contribution in [0.2, 0.25) is 0 Å². The van der Waals surface area contributed by atoms with E-state index >= 15 is 0 Å². The highest BCUT2D eigenvalue weighted by atomic mass is 16.5. The first kappa shape index (κ1) is 14.3. The quantitative estimate of drug-likeness (QED) is 0.404. The SMILES string of the molecule is CNCNC(=O)COCCNC(C)(C)C. The lowest BCUT2D eigenvalue weighted by Crippen LogP contribution is -2.39. The first-order chi connectivity index (χ1) is 6.95. The molecule has 0 aliphatic heterocycles. The van der Waals surface area contributed by atoms with Crippen LogP contribution in [0.5, 0.6) is 0 Å². The zero-order valence-corrected chi connectivity index (χ0v) is 10.1. The Hall–Kier alpha value is -0.650. The zero-order chi connectivity index (χ0) is 11.7. The number of carbonyl (C=O) groups is 1. The van der Waals surface area contributed by atoms with Crippen LogP contribution in [0.15, 0.2) is 0 Å². The van der Waals surface area contributed by atoms with Gasteiger partial charge in [0.25, 0.3) is 0 Å². The van der Waals surface area contributed by atoms with Gasteiger partial charge in [0.2, 0.25) is 5.91 Å². The van der Waals surface area contributed by atoms with Crippen LogP contribution in [0, 0.1) is 0 Å². The zero-order valence-electron chi connectivity index (χ0n) is 10.1. The van der Waals surface area contributed by atoms with Crippen molar-refractivity contribution in [3.8, 4) is 0 Å². The van der Waals surface area contributed by atoms with Crippen molar-refractivity contribution in [2.75, 3.05) is 33.5 Å². The van der Waals surface area contributed by atoms with E-state index in [4.69, 9.17) is 4.74 Å². The topological polar surface area (TPSA) is 62.4 Å². The highest BCUT2D eigenvalue weighted by molar-refractivity contribution is 5.77. The third-order valence-corrected chi connectivity index (χ3v) is 1.60. The van der Waals surface area contributed by atoms with Crippen molar-refractivity contribution >= 4 is 5.91 Å². The predicted octanol–water partition coefficient (Wildman–Crippen LogP) is -0.316. The van der Waals surface area contributed by atoms with Gasteiger partial charge >= 0.3 is 0 Å². The van der Waals surface area contributed by atoms with Crippen molar-refractivity contribution < 1.29 is 9.53 Å². The molecule has 0 saturated heterocycles. The molecular weight excluding hydrogens is 194 g/mol. The summed E-state index contributed by atoms with van der Waals surface area (Å²) in [7, 11) is 1.77. The Bertz CT molecular complexity index is 178. The fourth-order valence-electron chi connectivity index (χ4n) is 0.901. The number of nitrogens with one attached hydrogen (secondary N) is 3. The molecule has 3 N–H and O–H groups in total. The summed E-state index contributed by atoms with van der Waals surface area (Å²) in [6.45, 7) is 8.16. The third kappa shape index (κ3) is 11.3. The fourth-order valence-corrected chi connectivity index (χ4v) is 0.901. The Kier molecular flexibility index (Phi) is 7.29. The second kappa shape index (κ2) is 7.62. The summed E-state index contributed by atoms with van der Waals surface area (Å²) in [5.41, 5.74) is 0.0950. The van der Waals surface area contributed by atoms with Crippen molar-refractivity contribution in [3.05, 3.63) is 0 Å². The molecule has 0 fully saturated rings. The van der Waals surface area contributed by atoms with Crippen LogP contribution in [-0.4, -0.2) is 44.9 Å². The third-order valence-electron chi connectivity index (χ3n) is 1.60. The molecule has 0 aliphatic rings. The van der Waals surface area contributed by atoms with Gasteiger partial charge in [-0.25, -0.2) is 0 Å². The molecule has 0 atom stereocenters. The van der Waals surface area contributed by atoms with Gasteiger partial charge in [-0.05, 0) is 27.8 Å². The van der Waals surface area contributed by atoms with Gasteiger partial charge in [-0.15, -0.1) is 0 Å². The molecule has 5 nitrogen and oxygen atoms in total. The van der Waals surface area contributed by atoms with E-state index in [0.717, 1.165) is 6.54 Å². The Balaban J connectivity index is 3.27. The van der Waals surface area contributed by atoms with E-state index in [1.54, 1.807) is 7.05 Å². The van der Waals surface area contributed by atoms with Crippen LogP contribution >= 0.6 is 0 Å². The number of rotatable bonds is 7. The highest BCUT2D eigenvalue weighted by Crippen LogP contribution is 1.96. The van der Waals surface area contributed by atoms with Crippen LogP contribution in [0.1, 0.15) is 20.8 Å². The average molecular weight is 217 g/mol. The molecule has 0 spiro atoms. The van der Waals surface area contributed by atoms with Crippen molar-refractivity contribution in [1.29, 1.82) is 0 Å². The van der Waals surface area contributed by atoms with Crippen LogP contribution in [0.3, 0.4) is 0 Å². The molecule has 90 valence electrons. The molecule has 15 heavy (non-hydrogen) atoms. The summed E-state index contributed by atoms with van der Waals surface area (Å²) in [5, 5.41) is 8.73. The van der Waals surface area contributed by atoms with E-state index in [1.165, 1.54) is 0 Å². The number of ether oxygens (including phenoxy) is 1. The molecule has 0 unspecified atom stereocenters. The molecular formula is C10H23N3O2. The van der Waals surface area contributed by atoms with Crippen LogP contribution < -0.4 is 16.0 Å². The monoisotopic (exact) mass is 217 g/mol. The molecule has 0 bridgehead atoms. The first-order valence-electron chi connectivity index (χ1n) is 5.20. The maximum atomic E-state index is 11.1.